The van der Waals surface area contributed by atoms with Gasteiger partial charge in [0.1, 0.15) is 18.4 Å². The van der Waals surface area contributed by atoms with Crippen LogP contribution in [0.4, 0.5) is 14.5 Å². The van der Waals surface area contributed by atoms with Crippen LogP contribution in [0.3, 0.4) is 0 Å². The Morgan fingerprint density at radius 2 is 2.11 bits per heavy atom. The van der Waals surface area contributed by atoms with Crippen LogP contribution in [0.25, 0.3) is 5.52 Å². The number of pyridine rings is 1. The molecule has 0 bridgehead atoms. The molecule has 0 spiro atoms. The summed E-state index contributed by atoms with van der Waals surface area (Å²) >= 11 is 0. The van der Waals surface area contributed by atoms with Gasteiger partial charge in [-0.25, -0.2) is 13.3 Å². The second kappa shape index (κ2) is 9.58. The lowest BCUT2D eigenvalue weighted by molar-refractivity contribution is -0.000781. The van der Waals surface area contributed by atoms with E-state index in [1.54, 1.807) is 21.5 Å². The molecule has 4 rings (SSSR count). The number of anilines is 1. The maximum atomic E-state index is 15.2. The molecule has 4 atom stereocenters. The highest BCUT2D eigenvalue weighted by Gasteiger charge is 2.38. The van der Waals surface area contributed by atoms with Crippen LogP contribution in [0.1, 0.15) is 60.6 Å². The first-order chi connectivity index (χ1) is 16.6. The molecule has 10 heteroatoms. The normalized spacial score (nSPS) is 21.4. The molecule has 1 aliphatic carbocycles. The maximum Gasteiger partial charge on any atom is 0.252 e. The fraction of sp³-hybridized carbons (Fsp3) is 0.440. The number of fused-ring (bicyclic) bond motifs is 1. The molecule has 35 heavy (non-hydrogen) atoms. The van der Waals surface area contributed by atoms with Crippen molar-refractivity contribution in [3.63, 3.8) is 0 Å². The first-order valence-corrected chi connectivity index (χ1v) is 11.5. The van der Waals surface area contributed by atoms with Crippen molar-refractivity contribution in [2.75, 3.05) is 11.4 Å². The molecule has 184 valence electrons. The van der Waals surface area contributed by atoms with Crippen LogP contribution in [0.15, 0.2) is 42.9 Å². The van der Waals surface area contributed by atoms with Gasteiger partial charge < -0.3 is 15.7 Å². The molecule has 3 aromatic rings. The number of halogens is 2. The zero-order valence-electron chi connectivity index (χ0n) is 19.6. The van der Waals surface area contributed by atoms with E-state index in [-0.39, 0.29) is 30.9 Å². The van der Waals surface area contributed by atoms with E-state index in [2.05, 4.69) is 16.2 Å². The Kier molecular flexibility index (Phi) is 6.72. The highest BCUT2D eigenvalue weighted by atomic mass is 19.1. The van der Waals surface area contributed by atoms with Crippen molar-refractivity contribution >= 4 is 17.1 Å². The Morgan fingerprint density at radius 3 is 2.80 bits per heavy atom. The summed E-state index contributed by atoms with van der Waals surface area (Å²) in [6.07, 6.45) is 2.26. The predicted octanol–water partition coefficient (Wildman–Crippen LogP) is 3.29. The van der Waals surface area contributed by atoms with Crippen LogP contribution in [0.5, 0.6) is 0 Å². The van der Waals surface area contributed by atoms with E-state index in [1.807, 2.05) is 12.1 Å². The molecule has 0 aliphatic heterocycles. The number of aromatic nitrogens is 3. The third-order valence-corrected chi connectivity index (χ3v) is 6.64. The zero-order chi connectivity index (χ0) is 25.3. The van der Waals surface area contributed by atoms with E-state index < -0.39 is 29.9 Å². The minimum atomic E-state index is -1.67. The van der Waals surface area contributed by atoms with E-state index in [4.69, 9.17) is 11.0 Å². The number of primary amides is 1. The quantitative estimate of drug-likeness (QED) is 0.533. The predicted molar refractivity (Wildman–Crippen MR) is 126 cm³/mol. The summed E-state index contributed by atoms with van der Waals surface area (Å²) in [5, 5.41) is 23.8. The number of aliphatic hydroxyl groups is 1. The first-order valence-electron chi connectivity index (χ1n) is 11.5. The summed E-state index contributed by atoms with van der Waals surface area (Å²) in [5.41, 5.74) is 6.33. The van der Waals surface area contributed by atoms with Crippen molar-refractivity contribution in [1.29, 1.82) is 5.26 Å². The number of nitrogens with zero attached hydrogens (tertiary/aromatic N) is 5. The average Bonchev–Trinajstić information content (AvgIpc) is 3.24. The van der Waals surface area contributed by atoms with Crippen LogP contribution in [0.2, 0.25) is 0 Å². The molecule has 3 N–H and O–H groups in total. The van der Waals surface area contributed by atoms with Crippen LogP contribution in [0, 0.1) is 11.3 Å². The van der Waals surface area contributed by atoms with Gasteiger partial charge in [0.25, 0.3) is 5.91 Å². The van der Waals surface area contributed by atoms with E-state index in [9.17, 15) is 9.90 Å². The van der Waals surface area contributed by atoms with Gasteiger partial charge >= 0.3 is 0 Å². The van der Waals surface area contributed by atoms with Gasteiger partial charge in [-0.3, -0.25) is 9.78 Å². The fourth-order valence-corrected chi connectivity index (χ4v) is 4.77. The Hall–Kier alpha value is -3.58. The molecule has 0 saturated heterocycles. The number of hydrogen-bond acceptors (Lipinski definition) is 6. The van der Waals surface area contributed by atoms with Gasteiger partial charge in [0.15, 0.2) is 0 Å². The molecule has 1 unspecified atom stereocenters. The van der Waals surface area contributed by atoms with Crippen LogP contribution < -0.4 is 10.6 Å². The van der Waals surface area contributed by atoms with Gasteiger partial charge in [-0.15, -0.1) is 0 Å². The van der Waals surface area contributed by atoms with E-state index in [0.717, 1.165) is 11.2 Å². The fourth-order valence-electron chi connectivity index (χ4n) is 4.77. The number of nitrogens with two attached hydrogens (primary N) is 1. The summed E-state index contributed by atoms with van der Waals surface area (Å²) in [6, 6.07) is 8.55. The second-order valence-corrected chi connectivity index (χ2v) is 9.64. The van der Waals surface area contributed by atoms with Gasteiger partial charge in [-0.2, -0.15) is 10.4 Å². The minimum absolute atomic E-state index is 0.104. The highest BCUT2D eigenvalue weighted by Crippen LogP contribution is 2.39. The molecule has 1 amide bonds. The number of carbonyl (C=O) groups excluding carboxylic acids is 1. The number of rotatable bonds is 7. The second-order valence-electron chi connectivity index (χ2n) is 9.64. The number of alkyl halides is 2. The number of nitriles is 1. The van der Waals surface area contributed by atoms with Crippen LogP contribution in [-0.2, 0) is 0 Å². The zero-order valence-corrected chi connectivity index (χ0v) is 19.6. The standard InChI is InChI=1S/C25H28F2N6O2/c1-25(2,35)23(27)14-32(22-5-6-30-13-20(22)24(29)34)19-9-16(8-17(26)10-19)21-4-3-18-7-15(11-28)12-31-33(18)21/h3-7,12-13,16-17,19,23,35H,8-10,14H2,1-2H3,(H2,29,34)/t16?,17-,19-,23+/m0/s1. The lowest BCUT2D eigenvalue weighted by Gasteiger charge is -2.42. The third kappa shape index (κ3) is 5.10. The van der Waals surface area contributed by atoms with Crippen molar-refractivity contribution in [3.8, 4) is 6.07 Å². The van der Waals surface area contributed by atoms with Crippen molar-refractivity contribution in [2.24, 2.45) is 5.73 Å². The molecule has 3 aromatic heterocycles. The molecule has 3 heterocycles. The van der Waals surface area contributed by atoms with Gasteiger partial charge in [0.05, 0.1) is 40.7 Å². The SMILES string of the molecule is CC(C)(O)[C@H](F)CN(c1ccncc1C(N)=O)[C@H]1CC(c2ccc3cc(C#N)cnn23)C[C@H](F)C1. The monoisotopic (exact) mass is 482 g/mol. The molecule has 0 radical (unpaired) electrons. The Bertz CT molecular complexity index is 1260. The van der Waals surface area contributed by atoms with Gasteiger partial charge in [-0.1, -0.05) is 0 Å². The van der Waals surface area contributed by atoms with E-state index in [0.29, 0.717) is 17.7 Å². The maximum absolute atomic E-state index is 15.2. The Labute approximate surface area is 202 Å². The van der Waals surface area contributed by atoms with Crippen molar-refractivity contribution in [2.45, 2.75) is 63.0 Å². The average molecular weight is 483 g/mol. The van der Waals surface area contributed by atoms with Crippen molar-refractivity contribution in [3.05, 3.63) is 59.7 Å². The summed E-state index contributed by atoms with van der Waals surface area (Å²) < 4.78 is 32.0. The molecule has 0 aromatic carbocycles. The van der Waals surface area contributed by atoms with Crippen molar-refractivity contribution < 1.29 is 18.7 Å². The number of carbonyl (C=O) groups is 1. The Morgan fingerprint density at radius 1 is 1.34 bits per heavy atom. The van der Waals surface area contributed by atoms with E-state index >= 15 is 8.78 Å². The smallest absolute Gasteiger partial charge is 0.252 e. The third-order valence-electron chi connectivity index (χ3n) is 6.64. The topological polar surface area (TPSA) is 121 Å². The van der Waals surface area contributed by atoms with Crippen LogP contribution >= 0.6 is 0 Å². The van der Waals surface area contributed by atoms with Gasteiger partial charge in [-0.05, 0) is 57.4 Å². The Balaban J connectivity index is 1.72. The number of hydrogen-bond donors (Lipinski definition) is 2. The van der Waals surface area contributed by atoms with Crippen LogP contribution in [-0.4, -0.2) is 56.1 Å². The molecule has 8 nitrogen and oxygen atoms in total. The van der Waals surface area contributed by atoms with Gasteiger partial charge in [0.2, 0.25) is 0 Å². The first kappa shape index (κ1) is 24.5. The lowest BCUT2D eigenvalue weighted by atomic mass is 9.81. The molecular weight excluding hydrogens is 454 g/mol. The lowest BCUT2D eigenvalue weighted by Crippen LogP contribution is -2.49. The molecular formula is C25H28F2N6O2. The molecule has 1 aliphatic rings. The molecule has 1 fully saturated rings. The summed E-state index contributed by atoms with van der Waals surface area (Å²) in [7, 11) is 0. The minimum Gasteiger partial charge on any atom is -0.387 e. The summed E-state index contributed by atoms with van der Waals surface area (Å²) in [4.78, 5) is 17.7. The highest BCUT2D eigenvalue weighted by molar-refractivity contribution is 5.98. The number of amides is 1. The largest absolute Gasteiger partial charge is 0.387 e. The molecule has 1 saturated carbocycles. The summed E-state index contributed by atoms with van der Waals surface area (Å²) in [5.74, 6) is -0.968. The summed E-state index contributed by atoms with van der Waals surface area (Å²) in [6.45, 7) is 2.48. The van der Waals surface area contributed by atoms with Gasteiger partial charge in [0, 0.05) is 30.0 Å². The van der Waals surface area contributed by atoms with E-state index in [1.165, 1.54) is 32.4 Å². The van der Waals surface area contributed by atoms with Crippen molar-refractivity contribution in [1.82, 2.24) is 14.6 Å².